The van der Waals surface area contributed by atoms with Crippen LogP contribution in [0.25, 0.3) is 0 Å². The maximum Gasteiger partial charge on any atom is 0.254 e. The zero-order valence-electron chi connectivity index (χ0n) is 18.3. The second kappa shape index (κ2) is 9.92. The number of nitrogens with zero attached hydrogens (tertiary/aromatic N) is 2. The van der Waals surface area contributed by atoms with Crippen molar-refractivity contribution in [2.75, 3.05) is 26.6 Å². The second-order valence-electron chi connectivity index (χ2n) is 8.28. The van der Waals surface area contributed by atoms with Crippen molar-refractivity contribution in [3.05, 3.63) is 83.7 Å². The molecule has 1 unspecified atom stereocenters. The number of amides is 1. The normalized spacial score (nSPS) is 16.5. The summed E-state index contributed by atoms with van der Waals surface area (Å²) < 4.78 is 22.1. The molecular weight excluding hydrogens is 420 g/mol. The Labute approximate surface area is 192 Å². The van der Waals surface area contributed by atoms with Crippen LogP contribution in [-0.2, 0) is 17.8 Å². The van der Waals surface area contributed by atoms with Gasteiger partial charge < -0.3 is 23.8 Å². The van der Waals surface area contributed by atoms with Crippen molar-refractivity contribution < 1.29 is 23.7 Å². The number of hydrogen-bond acceptors (Lipinski definition) is 6. The van der Waals surface area contributed by atoms with Crippen molar-refractivity contribution in [3.63, 3.8) is 0 Å². The van der Waals surface area contributed by atoms with Gasteiger partial charge in [-0.15, -0.1) is 0 Å². The molecule has 0 bridgehead atoms. The highest BCUT2D eigenvalue weighted by Gasteiger charge is 2.21. The van der Waals surface area contributed by atoms with Crippen molar-refractivity contribution in [2.45, 2.75) is 19.5 Å². The van der Waals surface area contributed by atoms with Crippen LogP contribution < -0.4 is 14.2 Å². The van der Waals surface area contributed by atoms with Gasteiger partial charge in [0, 0.05) is 43.6 Å². The summed E-state index contributed by atoms with van der Waals surface area (Å²) in [4.78, 5) is 19.4. The highest BCUT2D eigenvalue weighted by molar-refractivity contribution is 5.95. The zero-order chi connectivity index (χ0) is 22.5. The van der Waals surface area contributed by atoms with Gasteiger partial charge in [-0.1, -0.05) is 18.2 Å². The van der Waals surface area contributed by atoms with Gasteiger partial charge in [0.25, 0.3) is 5.91 Å². The molecule has 1 fully saturated rings. The van der Waals surface area contributed by atoms with E-state index >= 15 is 0 Å². The summed E-state index contributed by atoms with van der Waals surface area (Å²) in [5.41, 5.74) is 2.54. The third-order valence-corrected chi connectivity index (χ3v) is 5.81. The van der Waals surface area contributed by atoms with Crippen LogP contribution >= 0.6 is 0 Å². The fourth-order valence-corrected chi connectivity index (χ4v) is 3.96. The van der Waals surface area contributed by atoms with Crippen LogP contribution in [0.4, 0.5) is 0 Å². The molecule has 1 amide bonds. The van der Waals surface area contributed by atoms with Crippen molar-refractivity contribution in [3.8, 4) is 17.2 Å². The number of hydrogen-bond donors (Lipinski definition) is 0. The van der Waals surface area contributed by atoms with Gasteiger partial charge >= 0.3 is 0 Å². The van der Waals surface area contributed by atoms with E-state index in [9.17, 15) is 4.79 Å². The second-order valence-corrected chi connectivity index (χ2v) is 8.28. The molecular formula is C26H26N2O5. The summed E-state index contributed by atoms with van der Waals surface area (Å²) >= 11 is 0. The SMILES string of the molecule is O=C(c1ccc2c(c1)OCO2)N(Cc1ccc(OCC2CCOC2)cc1)Cc1cccnc1. The van der Waals surface area contributed by atoms with Gasteiger partial charge in [0.1, 0.15) is 5.75 Å². The first-order valence-corrected chi connectivity index (χ1v) is 11.1. The Kier molecular flexibility index (Phi) is 6.39. The van der Waals surface area contributed by atoms with E-state index in [4.69, 9.17) is 18.9 Å². The van der Waals surface area contributed by atoms with Crippen molar-refractivity contribution in [1.82, 2.24) is 9.88 Å². The molecule has 2 aliphatic heterocycles. The van der Waals surface area contributed by atoms with Crippen LogP contribution in [0.5, 0.6) is 17.2 Å². The Bertz CT molecular complexity index is 1080. The monoisotopic (exact) mass is 446 g/mol. The minimum atomic E-state index is -0.0845. The standard InChI is InChI=1S/C26H26N2O5/c29-26(22-5-8-24-25(12-22)33-18-32-24)28(15-20-2-1-10-27-13-20)14-19-3-6-23(7-4-19)31-17-21-9-11-30-16-21/h1-8,10,12-13,21H,9,11,14-18H2. The summed E-state index contributed by atoms with van der Waals surface area (Å²) in [5.74, 6) is 2.45. The van der Waals surface area contributed by atoms with Crippen LogP contribution in [0, 0.1) is 5.92 Å². The minimum Gasteiger partial charge on any atom is -0.493 e. The molecule has 1 aromatic heterocycles. The van der Waals surface area contributed by atoms with E-state index < -0.39 is 0 Å². The molecule has 2 aromatic carbocycles. The first-order valence-electron chi connectivity index (χ1n) is 11.1. The molecule has 0 aliphatic carbocycles. The molecule has 1 saturated heterocycles. The van der Waals surface area contributed by atoms with Crippen LogP contribution in [0.15, 0.2) is 67.0 Å². The quantitative estimate of drug-likeness (QED) is 0.520. The summed E-state index contributed by atoms with van der Waals surface area (Å²) in [6.07, 6.45) is 4.55. The number of rotatable bonds is 8. The molecule has 3 heterocycles. The molecule has 0 saturated carbocycles. The third kappa shape index (κ3) is 5.26. The molecule has 0 spiro atoms. The molecule has 3 aromatic rings. The number of pyridine rings is 1. The smallest absolute Gasteiger partial charge is 0.254 e. The van der Waals surface area contributed by atoms with E-state index in [1.54, 1.807) is 35.5 Å². The number of carbonyl (C=O) groups excluding carboxylic acids is 1. The number of benzene rings is 2. The van der Waals surface area contributed by atoms with Crippen molar-refractivity contribution >= 4 is 5.91 Å². The van der Waals surface area contributed by atoms with Gasteiger partial charge in [-0.25, -0.2) is 0 Å². The summed E-state index contributed by atoms with van der Waals surface area (Å²) in [5, 5.41) is 0. The Morgan fingerprint density at radius 3 is 2.67 bits per heavy atom. The zero-order valence-corrected chi connectivity index (χ0v) is 18.3. The van der Waals surface area contributed by atoms with E-state index in [-0.39, 0.29) is 12.7 Å². The van der Waals surface area contributed by atoms with Crippen LogP contribution in [0.3, 0.4) is 0 Å². The van der Waals surface area contributed by atoms with E-state index in [0.717, 1.165) is 36.5 Å². The fraction of sp³-hybridized carbons (Fsp3) is 0.308. The van der Waals surface area contributed by atoms with Crippen LogP contribution in [0.1, 0.15) is 27.9 Å². The van der Waals surface area contributed by atoms with Gasteiger partial charge in [-0.3, -0.25) is 9.78 Å². The van der Waals surface area contributed by atoms with Gasteiger partial charge in [0.2, 0.25) is 6.79 Å². The van der Waals surface area contributed by atoms with Crippen molar-refractivity contribution in [1.29, 1.82) is 0 Å². The maximum absolute atomic E-state index is 13.4. The number of aromatic nitrogens is 1. The first kappa shape index (κ1) is 21.3. The number of fused-ring (bicyclic) bond motifs is 1. The van der Waals surface area contributed by atoms with E-state index in [2.05, 4.69) is 4.98 Å². The first-order chi connectivity index (χ1) is 16.2. The maximum atomic E-state index is 13.4. The van der Waals surface area contributed by atoms with Gasteiger partial charge in [-0.2, -0.15) is 0 Å². The lowest BCUT2D eigenvalue weighted by Crippen LogP contribution is -2.30. The van der Waals surface area contributed by atoms with Crippen LogP contribution in [-0.4, -0.2) is 42.4 Å². The van der Waals surface area contributed by atoms with Crippen LogP contribution in [0.2, 0.25) is 0 Å². The Morgan fingerprint density at radius 2 is 1.88 bits per heavy atom. The summed E-state index contributed by atoms with van der Waals surface area (Å²) in [6, 6.07) is 17.1. The van der Waals surface area contributed by atoms with Gasteiger partial charge in [0.15, 0.2) is 11.5 Å². The summed E-state index contributed by atoms with van der Waals surface area (Å²) in [6.45, 7) is 3.32. The highest BCUT2D eigenvalue weighted by Crippen LogP contribution is 2.33. The molecule has 33 heavy (non-hydrogen) atoms. The summed E-state index contributed by atoms with van der Waals surface area (Å²) in [7, 11) is 0. The lowest BCUT2D eigenvalue weighted by atomic mass is 10.1. The van der Waals surface area contributed by atoms with Gasteiger partial charge in [-0.05, 0) is 53.9 Å². The van der Waals surface area contributed by atoms with Crippen molar-refractivity contribution in [2.24, 2.45) is 5.92 Å². The lowest BCUT2D eigenvalue weighted by Gasteiger charge is -2.23. The minimum absolute atomic E-state index is 0.0845. The average Bonchev–Trinajstić information content (AvgIpc) is 3.55. The molecule has 7 nitrogen and oxygen atoms in total. The molecule has 2 aliphatic rings. The Balaban J connectivity index is 1.30. The molecule has 170 valence electrons. The molecule has 7 heteroatoms. The fourth-order valence-electron chi connectivity index (χ4n) is 3.96. The predicted octanol–water partition coefficient (Wildman–Crippen LogP) is 4.07. The average molecular weight is 447 g/mol. The highest BCUT2D eigenvalue weighted by atomic mass is 16.7. The molecule has 5 rings (SSSR count). The molecule has 0 N–H and O–H groups in total. The number of ether oxygens (including phenoxy) is 4. The van der Waals surface area contributed by atoms with E-state index in [1.807, 2.05) is 36.4 Å². The number of carbonyl (C=O) groups is 1. The third-order valence-electron chi connectivity index (χ3n) is 5.81. The Morgan fingerprint density at radius 1 is 1.03 bits per heavy atom. The lowest BCUT2D eigenvalue weighted by molar-refractivity contribution is 0.0729. The van der Waals surface area contributed by atoms with E-state index in [0.29, 0.717) is 42.7 Å². The predicted molar refractivity (Wildman–Crippen MR) is 121 cm³/mol. The molecule has 1 atom stereocenters. The van der Waals surface area contributed by atoms with E-state index in [1.165, 1.54) is 0 Å². The largest absolute Gasteiger partial charge is 0.493 e. The Hall–Kier alpha value is -3.58. The topological polar surface area (TPSA) is 70.1 Å². The van der Waals surface area contributed by atoms with Gasteiger partial charge in [0.05, 0.1) is 13.2 Å². The molecule has 0 radical (unpaired) electrons.